The van der Waals surface area contributed by atoms with Crippen LogP contribution >= 0.6 is 11.6 Å². The Morgan fingerprint density at radius 2 is 2.18 bits per heavy atom. The third-order valence-corrected chi connectivity index (χ3v) is 3.11. The maximum Gasteiger partial charge on any atom is 0.271 e. The Hall–Kier alpha value is -1.62. The first kappa shape index (κ1) is 11.9. The lowest BCUT2D eigenvalue weighted by Gasteiger charge is -2.04. The van der Waals surface area contributed by atoms with Crippen molar-refractivity contribution in [1.29, 1.82) is 0 Å². The molecule has 0 amide bonds. The first-order chi connectivity index (χ1) is 8.06. The average molecular weight is 253 g/mol. The minimum absolute atomic E-state index is 0.0563. The van der Waals surface area contributed by atoms with Gasteiger partial charge in [-0.25, -0.2) is 9.67 Å². The number of aryl methyl sites for hydroxylation is 1. The third kappa shape index (κ3) is 1.86. The number of hydrogen-bond acceptors (Lipinski definition) is 3. The van der Waals surface area contributed by atoms with Crippen molar-refractivity contribution in [2.45, 2.75) is 27.2 Å². The number of hydrogen-bond donors (Lipinski definition) is 1. The molecule has 2 aromatic heterocycles. The molecule has 0 radical (unpaired) electrons. The van der Waals surface area contributed by atoms with Gasteiger partial charge in [0, 0.05) is 5.69 Å². The van der Waals surface area contributed by atoms with Crippen molar-refractivity contribution in [3.05, 3.63) is 38.7 Å². The summed E-state index contributed by atoms with van der Waals surface area (Å²) in [5, 5.41) is 4.43. The van der Waals surface area contributed by atoms with E-state index in [1.54, 1.807) is 4.68 Å². The lowest BCUT2D eigenvalue weighted by Crippen LogP contribution is -2.13. The molecule has 0 aliphatic rings. The van der Waals surface area contributed by atoms with Gasteiger partial charge in [0.1, 0.15) is 0 Å². The highest BCUT2D eigenvalue weighted by Gasteiger charge is 2.15. The minimum atomic E-state index is -0.359. The number of aromatic nitrogens is 4. The molecular formula is C11H13ClN4O. The molecule has 1 N–H and O–H groups in total. The van der Waals surface area contributed by atoms with E-state index in [2.05, 4.69) is 22.0 Å². The summed E-state index contributed by atoms with van der Waals surface area (Å²) >= 11 is 5.94. The maximum atomic E-state index is 11.4. The Bertz CT molecular complexity index is 614. The van der Waals surface area contributed by atoms with Gasteiger partial charge in [-0.1, -0.05) is 18.5 Å². The van der Waals surface area contributed by atoms with Gasteiger partial charge in [-0.3, -0.25) is 4.79 Å². The van der Waals surface area contributed by atoms with Crippen molar-refractivity contribution in [3.8, 4) is 5.82 Å². The summed E-state index contributed by atoms with van der Waals surface area (Å²) in [6, 6.07) is 0. The fraction of sp³-hybridized carbons (Fsp3) is 0.364. The van der Waals surface area contributed by atoms with Gasteiger partial charge in [0.05, 0.1) is 12.0 Å². The first-order valence-corrected chi connectivity index (χ1v) is 5.72. The summed E-state index contributed by atoms with van der Waals surface area (Å²) in [4.78, 5) is 17.9. The molecule has 0 atom stereocenters. The van der Waals surface area contributed by atoms with Gasteiger partial charge in [0.2, 0.25) is 0 Å². The van der Waals surface area contributed by atoms with Crippen LogP contribution in [0.4, 0.5) is 0 Å². The number of nitrogens with zero attached hydrogens (tertiary/aromatic N) is 3. The molecule has 6 heteroatoms. The zero-order chi connectivity index (χ0) is 12.6. The highest BCUT2D eigenvalue weighted by molar-refractivity contribution is 6.31. The predicted octanol–water partition coefficient (Wildman–Crippen LogP) is 1.79. The Labute approximate surface area is 103 Å². The lowest BCUT2D eigenvalue weighted by atomic mass is 10.1. The Morgan fingerprint density at radius 3 is 2.76 bits per heavy atom. The van der Waals surface area contributed by atoms with Gasteiger partial charge in [-0.05, 0) is 25.8 Å². The molecule has 5 nitrogen and oxygen atoms in total. The molecular weight excluding hydrogens is 240 g/mol. The minimum Gasteiger partial charge on any atom is -0.312 e. The van der Waals surface area contributed by atoms with Crippen LogP contribution in [0, 0.1) is 13.8 Å². The number of halogens is 1. The van der Waals surface area contributed by atoms with E-state index in [4.69, 9.17) is 11.6 Å². The number of nitrogens with one attached hydrogen (secondary N) is 1. The summed E-state index contributed by atoms with van der Waals surface area (Å²) in [5.74, 6) is 0.371. The summed E-state index contributed by atoms with van der Waals surface area (Å²) in [7, 11) is 0. The summed E-state index contributed by atoms with van der Waals surface area (Å²) in [5.41, 5.74) is 2.69. The van der Waals surface area contributed by atoms with Gasteiger partial charge in [-0.2, -0.15) is 5.10 Å². The standard InChI is InChI=1S/C11H13ClN4O/c1-4-8-6(2)15-16(7(8)3)10-9(12)11(17)14-5-13-10/h5H,4H2,1-3H3,(H,13,14,17). The third-order valence-electron chi connectivity index (χ3n) is 2.77. The largest absolute Gasteiger partial charge is 0.312 e. The predicted molar refractivity (Wildman–Crippen MR) is 65.8 cm³/mol. The molecule has 0 saturated carbocycles. The molecule has 0 aliphatic carbocycles. The van der Waals surface area contributed by atoms with Gasteiger partial charge >= 0.3 is 0 Å². The molecule has 0 aliphatic heterocycles. The molecule has 0 bridgehead atoms. The second-order valence-electron chi connectivity index (χ2n) is 3.78. The van der Waals surface area contributed by atoms with Crippen LogP contribution in [0.5, 0.6) is 0 Å². The van der Waals surface area contributed by atoms with E-state index in [0.29, 0.717) is 5.82 Å². The van der Waals surface area contributed by atoms with Crippen molar-refractivity contribution in [1.82, 2.24) is 19.7 Å². The summed E-state index contributed by atoms with van der Waals surface area (Å²) < 4.78 is 1.62. The molecule has 0 spiro atoms. The van der Waals surface area contributed by atoms with Gasteiger partial charge in [0.25, 0.3) is 5.56 Å². The molecule has 2 heterocycles. The van der Waals surface area contributed by atoms with Crippen molar-refractivity contribution >= 4 is 11.6 Å². The van der Waals surface area contributed by atoms with Crippen LogP contribution in [0.3, 0.4) is 0 Å². The molecule has 0 aromatic carbocycles. The Kier molecular flexibility index (Phi) is 3.02. The van der Waals surface area contributed by atoms with Gasteiger partial charge in [0.15, 0.2) is 10.8 Å². The van der Waals surface area contributed by atoms with E-state index in [-0.39, 0.29) is 10.6 Å². The maximum absolute atomic E-state index is 11.4. The van der Waals surface area contributed by atoms with Gasteiger partial charge in [-0.15, -0.1) is 0 Å². The summed E-state index contributed by atoms with van der Waals surface area (Å²) in [6.07, 6.45) is 2.21. The van der Waals surface area contributed by atoms with E-state index in [0.717, 1.165) is 23.4 Å². The van der Waals surface area contributed by atoms with Crippen LogP contribution in [0.25, 0.3) is 5.82 Å². The van der Waals surface area contributed by atoms with E-state index in [1.807, 2.05) is 13.8 Å². The number of H-pyrrole nitrogens is 1. The lowest BCUT2D eigenvalue weighted by molar-refractivity contribution is 0.797. The van der Waals surface area contributed by atoms with Crippen LogP contribution in [-0.4, -0.2) is 19.7 Å². The highest BCUT2D eigenvalue weighted by atomic mass is 35.5. The van der Waals surface area contributed by atoms with Crippen molar-refractivity contribution in [2.75, 3.05) is 0 Å². The van der Waals surface area contributed by atoms with Crippen molar-refractivity contribution in [2.24, 2.45) is 0 Å². The topological polar surface area (TPSA) is 63.6 Å². The van der Waals surface area contributed by atoms with E-state index in [1.165, 1.54) is 6.33 Å². The monoisotopic (exact) mass is 252 g/mol. The average Bonchev–Trinajstić information content (AvgIpc) is 2.58. The highest BCUT2D eigenvalue weighted by Crippen LogP contribution is 2.19. The quantitative estimate of drug-likeness (QED) is 0.886. The number of rotatable bonds is 2. The van der Waals surface area contributed by atoms with Crippen LogP contribution < -0.4 is 5.56 Å². The van der Waals surface area contributed by atoms with Crippen molar-refractivity contribution < 1.29 is 0 Å². The van der Waals surface area contributed by atoms with Crippen LogP contribution in [-0.2, 0) is 6.42 Å². The van der Waals surface area contributed by atoms with E-state index < -0.39 is 0 Å². The molecule has 0 saturated heterocycles. The fourth-order valence-corrected chi connectivity index (χ4v) is 2.10. The number of aromatic amines is 1. The molecule has 90 valence electrons. The molecule has 17 heavy (non-hydrogen) atoms. The molecule has 0 unspecified atom stereocenters. The van der Waals surface area contributed by atoms with Crippen LogP contribution in [0.1, 0.15) is 23.9 Å². The molecule has 2 aromatic rings. The van der Waals surface area contributed by atoms with E-state index >= 15 is 0 Å². The van der Waals surface area contributed by atoms with Crippen LogP contribution in [0.2, 0.25) is 5.02 Å². The first-order valence-electron chi connectivity index (χ1n) is 5.35. The normalized spacial score (nSPS) is 10.8. The second kappa shape index (κ2) is 4.33. The fourth-order valence-electron chi connectivity index (χ4n) is 1.91. The van der Waals surface area contributed by atoms with E-state index in [9.17, 15) is 4.79 Å². The van der Waals surface area contributed by atoms with Crippen LogP contribution in [0.15, 0.2) is 11.1 Å². The molecule has 2 rings (SSSR count). The second-order valence-corrected chi connectivity index (χ2v) is 4.16. The zero-order valence-electron chi connectivity index (χ0n) is 9.91. The Morgan fingerprint density at radius 1 is 1.47 bits per heavy atom. The van der Waals surface area contributed by atoms with Gasteiger partial charge < -0.3 is 4.98 Å². The Balaban J connectivity index is 2.69. The SMILES string of the molecule is CCc1c(C)nn(-c2nc[nH]c(=O)c2Cl)c1C. The summed E-state index contributed by atoms with van der Waals surface area (Å²) in [6.45, 7) is 5.94. The van der Waals surface area contributed by atoms with Crippen molar-refractivity contribution in [3.63, 3.8) is 0 Å². The smallest absolute Gasteiger partial charge is 0.271 e. The molecule has 0 fully saturated rings. The zero-order valence-corrected chi connectivity index (χ0v) is 10.7.